The van der Waals surface area contributed by atoms with Crippen LogP contribution in [0.1, 0.15) is 11.1 Å². The van der Waals surface area contributed by atoms with E-state index in [-0.39, 0.29) is 0 Å². The normalized spacial score (nSPS) is 10.3. The molecule has 0 fully saturated rings. The Morgan fingerprint density at radius 3 is 1.70 bits per heavy atom. The maximum absolute atomic E-state index is 5.58. The van der Waals surface area contributed by atoms with Crippen LogP contribution in [0.3, 0.4) is 0 Å². The molecule has 0 heterocycles. The highest BCUT2D eigenvalue weighted by atomic mass is 16.5. The molecule has 166 valence electrons. The van der Waals surface area contributed by atoms with Gasteiger partial charge in [0, 0.05) is 11.1 Å². The number of hydrogen-bond donors (Lipinski definition) is 1. The number of nitrogens with one attached hydrogen (secondary N) is 1. The Morgan fingerprint density at radius 2 is 1.18 bits per heavy atom. The maximum Gasteiger partial charge on any atom is 0.143 e. The topological polar surface area (TPSA) is 52.1 Å². The van der Waals surface area contributed by atoms with E-state index in [0.717, 1.165) is 45.2 Å². The Morgan fingerprint density at radius 1 is 0.606 bits per heavy atom. The number of nitrogens with zero attached hydrogens (tertiary/aromatic N) is 1. The van der Waals surface area contributed by atoms with Gasteiger partial charge in [-0.05, 0) is 71.8 Å². The fraction of sp³-hybridized carbons (Fsp3) is 0.107. The molecule has 0 saturated carbocycles. The Labute approximate surface area is 194 Å². The second-order valence-electron chi connectivity index (χ2n) is 7.31. The molecule has 5 nitrogen and oxygen atoms in total. The second kappa shape index (κ2) is 10.4. The molecular weight excluding hydrogens is 412 g/mol. The monoisotopic (exact) mass is 438 g/mol. The summed E-state index contributed by atoms with van der Waals surface area (Å²) in [4.78, 5) is 0. The third kappa shape index (κ3) is 5.15. The zero-order valence-corrected chi connectivity index (χ0v) is 18.9. The van der Waals surface area contributed by atoms with E-state index in [1.54, 1.807) is 21.3 Å². The van der Waals surface area contributed by atoms with E-state index >= 15 is 0 Å². The average Bonchev–Trinajstić information content (AvgIpc) is 2.90. The summed E-state index contributed by atoms with van der Waals surface area (Å²) in [5.41, 5.74) is 8.89. The Hall–Kier alpha value is -4.25. The summed E-state index contributed by atoms with van der Waals surface area (Å²) in [5.74, 6) is 2.29. The summed E-state index contributed by atoms with van der Waals surface area (Å²) in [6.07, 6.45) is 0. The smallest absolute Gasteiger partial charge is 0.143 e. The van der Waals surface area contributed by atoms with Crippen molar-refractivity contribution >= 4 is 11.4 Å². The van der Waals surface area contributed by atoms with Crippen LogP contribution in [0.25, 0.3) is 11.1 Å². The molecule has 0 saturated heterocycles. The van der Waals surface area contributed by atoms with Crippen LogP contribution in [0.15, 0.2) is 102 Å². The van der Waals surface area contributed by atoms with E-state index in [2.05, 4.69) is 17.6 Å². The summed E-state index contributed by atoms with van der Waals surface area (Å²) in [7, 11) is 4.96. The molecule has 0 aliphatic carbocycles. The van der Waals surface area contributed by atoms with E-state index in [1.807, 2.05) is 84.9 Å². The molecule has 1 N–H and O–H groups in total. The predicted molar refractivity (Wildman–Crippen MR) is 134 cm³/mol. The van der Waals surface area contributed by atoms with Crippen molar-refractivity contribution in [3.05, 3.63) is 108 Å². The van der Waals surface area contributed by atoms with Crippen molar-refractivity contribution in [1.29, 1.82) is 0 Å². The number of anilines is 1. The SMILES string of the molecule is COc1ccc(C(=NNc2cc(-c3ccccc3)ccc2OC)c2ccc(OC)cc2)cc1. The van der Waals surface area contributed by atoms with Gasteiger partial charge in [0.25, 0.3) is 0 Å². The van der Waals surface area contributed by atoms with Crippen molar-refractivity contribution in [3.8, 4) is 28.4 Å². The number of ether oxygens (including phenoxy) is 3. The molecule has 0 radical (unpaired) electrons. The van der Waals surface area contributed by atoms with Gasteiger partial charge in [0.1, 0.15) is 17.2 Å². The lowest BCUT2D eigenvalue weighted by Crippen LogP contribution is -2.07. The van der Waals surface area contributed by atoms with Crippen molar-refractivity contribution in [1.82, 2.24) is 0 Å². The van der Waals surface area contributed by atoms with Crippen LogP contribution < -0.4 is 19.6 Å². The highest BCUT2D eigenvalue weighted by Gasteiger charge is 2.11. The first kappa shape index (κ1) is 22.0. The van der Waals surface area contributed by atoms with Crippen LogP contribution in [0.2, 0.25) is 0 Å². The first-order chi connectivity index (χ1) is 16.2. The lowest BCUT2D eigenvalue weighted by Gasteiger charge is -2.13. The van der Waals surface area contributed by atoms with Crippen LogP contribution in [0, 0.1) is 0 Å². The van der Waals surface area contributed by atoms with Gasteiger partial charge in [0.15, 0.2) is 0 Å². The van der Waals surface area contributed by atoms with Crippen LogP contribution in [-0.2, 0) is 0 Å². The minimum absolute atomic E-state index is 0.710. The number of benzene rings is 4. The fourth-order valence-corrected chi connectivity index (χ4v) is 3.52. The van der Waals surface area contributed by atoms with Gasteiger partial charge in [-0.2, -0.15) is 5.10 Å². The molecule has 0 atom stereocenters. The molecule has 5 heteroatoms. The van der Waals surface area contributed by atoms with E-state index in [4.69, 9.17) is 19.3 Å². The quantitative estimate of drug-likeness (QED) is 0.261. The molecule has 4 rings (SSSR count). The summed E-state index contributed by atoms with van der Waals surface area (Å²) >= 11 is 0. The maximum atomic E-state index is 5.58. The van der Waals surface area contributed by atoms with Gasteiger partial charge in [-0.15, -0.1) is 0 Å². The van der Waals surface area contributed by atoms with Crippen LogP contribution in [0.4, 0.5) is 5.69 Å². The summed E-state index contributed by atoms with van der Waals surface area (Å²) in [6.45, 7) is 0. The minimum Gasteiger partial charge on any atom is -0.497 e. The lowest BCUT2D eigenvalue weighted by molar-refractivity contribution is 0.414. The molecule has 0 aliphatic rings. The average molecular weight is 439 g/mol. The first-order valence-corrected chi connectivity index (χ1v) is 10.6. The standard InChI is InChI=1S/C28H26N2O3/c1-31-24-14-9-21(10-15-24)28(22-11-16-25(32-2)17-12-22)30-29-26-19-23(13-18-27(26)33-3)20-7-5-4-6-8-20/h4-19,29H,1-3H3. The van der Waals surface area contributed by atoms with Crippen molar-refractivity contribution < 1.29 is 14.2 Å². The summed E-state index contributed by atoms with van der Waals surface area (Å²) in [6, 6.07) is 31.9. The Balaban J connectivity index is 1.74. The molecule has 4 aromatic rings. The van der Waals surface area contributed by atoms with Gasteiger partial charge in [0.2, 0.25) is 0 Å². The van der Waals surface area contributed by atoms with E-state index in [0.29, 0.717) is 5.75 Å². The molecule has 0 unspecified atom stereocenters. The van der Waals surface area contributed by atoms with Crippen molar-refractivity contribution in [2.75, 3.05) is 26.8 Å². The zero-order valence-electron chi connectivity index (χ0n) is 18.9. The van der Waals surface area contributed by atoms with Crippen LogP contribution >= 0.6 is 0 Å². The van der Waals surface area contributed by atoms with E-state index < -0.39 is 0 Å². The predicted octanol–water partition coefficient (Wildman–Crippen LogP) is 6.24. The van der Waals surface area contributed by atoms with Gasteiger partial charge in [-0.1, -0.05) is 36.4 Å². The molecule has 0 bridgehead atoms. The van der Waals surface area contributed by atoms with E-state index in [9.17, 15) is 0 Å². The molecular formula is C28H26N2O3. The van der Waals surface area contributed by atoms with Crippen molar-refractivity contribution in [2.24, 2.45) is 5.10 Å². The third-order valence-electron chi connectivity index (χ3n) is 5.32. The van der Waals surface area contributed by atoms with Crippen LogP contribution in [-0.4, -0.2) is 27.0 Å². The fourth-order valence-electron chi connectivity index (χ4n) is 3.52. The highest BCUT2D eigenvalue weighted by molar-refractivity contribution is 6.13. The van der Waals surface area contributed by atoms with Gasteiger partial charge in [-0.3, -0.25) is 5.43 Å². The van der Waals surface area contributed by atoms with Gasteiger partial charge in [0.05, 0.1) is 32.7 Å². The van der Waals surface area contributed by atoms with Gasteiger partial charge < -0.3 is 14.2 Å². The van der Waals surface area contributed by atoms with Crippen molar-refractivity contribution in [3.63, 3.8) is 0 Å². The van der Waals surface area contributed by atoms with Gasteiger partial charge in [-0.25, -0.2) is 0 Å². The molecule has 33 heavy (non-hydrogen) atoms. The van der Waals surface area contributed by atoms with Crippen LogP contribution in [0.5, 0.6) is 17.2 Å². The molecule has 0 spiro atoms. The number of hydrogen-bond acceptors (Lipinski definition) is 5. The highest BCUT2D eigenvalue weighted by Crippen LogP contribution is 2.31. The molecule has 4 aromatic carbocycles. The minimum atomic E-state index is 0.710. The molecule has 0 aromatic heterocycles. The Bertz CT molecular complexity index is 1170. The second-order valence-corrected chi connectivity index (χ2v) is 7.31. The number of hydrazone groups is 1. The largest absolute Gasteiger partial charge is 0.497 e. The van der Waals surface area contributed by atoms with Gasteiger partial charge >= 0.3 is 0 Å². The summed E-state index contributed by atoms with van der Waals surface area (Å²) < 4.78 is 16.2. The third-order valence-corrected chi connectivity index (χ3v) is 5.32. The molecule has 0 amide bonds. The van der Waals surface area contributed by atoms with E-state index in [1.165, 1.54) is 0 Å². The summed E-state index contributed by atoms with van der Waals surface area (Å²) in [5, 5.41) is 4.79. The number of methoxy groups -OCH3 is 3. The number of rotatable bonds is 8. The first-order valence-electron chi connectivity index (χ1n) is 10.6. The lowest BCUT2D eigenvalue weighted by atomic mass is 10.0. The van der Waals surface area contributed by atoms with Crippen molar-refractivity contribution in [2.45, 2.75) is 0 Å². The zero-order chi connectivity index (χ0) is 23.0. The molecule has 0 aliphatic heterocycles. The Kier molecular flexibility index (Phi) is 6.90.